The molecule has 136 valence electrons. The molecule has 0 aromatic carbocycles. The third kappa shape index (κ3) is 2.01. The van der Waals surface area contributed by atoms with Crippen molar-refractivity contribution in [2.75, 3.05) is 0 Å². The van der Waals surface area contributed by atoms with Crippen molar-refractivity contribution in [1.29, 1.82) is 0 Å². The fraction of sp³-hybridized carbons (Fsp3) is 0.714. The first-order valence-electron chi connectivity index (χ1n) is 9.49. The Morgan fingerprint density at radius 2 is 2.00 bits per heavy atom. The number of allylic oxidation sites excluding steroid dienone is 4. The van der Waals surface area contributed by atoms with Crippen LogP contribution in [0.3, 0.4) is 0 Å². The highest BCUT2D eigenvalue weighted by Gasteiger charge is 2.67. The monoisotopic (exact) mass is 344 g/mol. The van der Waals surface area contributed by atoms with Crippen LogP contribution in [-0.4, -0.2) is 33.5 Å². The van der Waals surface area contributed by atoms with Gasteiger partial charge in [0.25, 0.3) is 0 Å². The standard InChI is InChI=1S/C21H28O4/c1-12(22)21(25)9-7-16-15-5-4-13-10-14(23)6-8-19(13,2)18(15)17(24)11-20(16,21)3/h6,8,10,15-18,24-25H,4-5,7,9,11H2,1-3H3/t15-,16-,17?,18+,19-,20-,21-/m0/s1. The zero-order chi connectivity index (χ0) is 18.2. The molecular weight excluding hydrogens is 316 g/mol. The van der Waals surface area contributed by atoms with Gasteiger partial charge < -0.3 is 10.2 Å². The van der Waals surface area contributed by atoms with Crippen molar-refractivity contribution in [3.8, 4) is 0 Å². The van der Waals surface area contributed by atoms with Gasteiger partial charge in [-0.05, 0) is 63.0 Å². The van der Waals surface area contributed by atoms with Crippen LogP contribution in [-0.2, 0) is 9.59 Å². The van der Waals surface area contributed by atoms with E-state index in [0.717, 1.165) is 24.8 Å². The maximum Gasteiger partial charge on any atom is 0.178 e. The summed E-state index contributed by atoms with van der Waals surface area (Å²) >= 11 is 0. The minimum atomic E-state index is -1.32. The Hall–Kier alpha value is -1.26. The smallest absolute Gasteiger partial charge is 0.178 e. The minimum Gasteiger partial charge on any atom is -0.393 e. The second-order valence-corrected chi connectivity index (χ2v) is 9.17. The number of carbonyl (C=O) groups excluding carboxylic acids is 2. The highest BCUT2D eigenvalue weighted by atomic mass is 16.3. The zero-order valence-corrected chi connectivity index (χ0v) is 15.3. The van der Waals surface area contributed by atoms with Crippen LogP contribution in [0.15, 0.2) is 23.8 Å². The van der Waals surface area contributed by atoms with Gasteiger partial charge >= 0.3 is 0 Å². The van der Waals surface area contributed by atoms with Crippen LogP contribution < -0.4 is 0 Å². The molecule has 4 rings (SSSR count). The first-order valence-corrected chi connectivity index (χ1v) is 9.49. The molecule has 0 spiro atoms. The molecule has 4 heteroatoms. The summed E-state index contributed by atoms with van der Waals surface area (Å²) in [5.74, 6) is 0.410. The highest BCUT2D eigenvalue weighted by molar-refractivity contribution is 6.01. The largest absolute Gasteiger partial charge is 0.393 e. The Kier molecular flexibility index (Phi) is 3.53. The molecule has 0 bridgehead atoms. The molecule has 7 atom stereocenters. The predicted molar refractivity (Wildman–Crippen MR) is 93.6 cm³/mol. The predicted octanol–water partition coefficient (Wildman–Crippen LogP) is 2.59. The van der Waals surface area contributed by atoms with E-state index in [-0.39, 0.29) is 34.7 Å². The summed E-state index contributed by atoms with van der Waals surface area (Å²) in [6.45, 7) is 5.61. The molecule has 1 unspecified atom stereocenters. The lowest BCUT2D eigenvalue weighted by molar-refractivity contribution is -0.175. The van der Waals surface area contributed by atoms with Crippen molar-refractivity contribution in [3.05, 3.63) is 23.8 Å². The molecule has 4 nitrogen and oxygen atoms in total. The Bertz CT molecular complexity index is 707. The molecule has 25 heavy (non-hydrogen) atoms. The lowest BCUT2D eigenvalue weighted by Gasteiger charge is -2.59. The third-order valence-corrected chi connectivity index (χ3v) is 8.23. The number of hydrogen-bond donors (Lipinski definition) is 2. The van der Waals surface area contributed by atoms with Crippen LogP contribution in [0.1, 0.15) is 52.9 Å². The lowest BCUT2D eigenvalue weighted by atomic mass is 9.46. The second kappa shape index (κ2) is 5.14. The summed E-state index contributed by atoms with van der Waals surface area (Å²) in [4.78, 5) is 24.0. The molecular formula is C21H28O4. The van der Waals surface area contributed by atoms with E-state index >= 15 is 0 Å². The molecule has 0 aromatic rings. The number of ketones is 2. The first kappa shape index (κ1) is 17.2. The van der Waals surface area contributed by atoms with Gasteiger partial charge in [0.15, 0.2) is 11.6 Å². The van der Waals surface area contributed by atoms with Crippen LogP contribution in [0.25, 0.3) is 0 Å². The number of fused-ring (bicyclic) bond motifs is 5. The number of rotatable bonds is 1. The van der Waals surface area contributed by atoms with Gasteiger partial charge in [0.05, 0.1) is 6.10 Å². The summed E-state index contributed by atoms with van der Waals surface area (Å²) in [5.41, 5.74) is -1.05. The Labute approximate surface area is 149 Å². The minimum absolute atomic E-state index is 0.0351. The normalized spacial score (nSPS) is 51.4. The number of aliphatic hydroxyl groups excluding tert-OH is 1. The highest BCUT2D eigenvalue weighted by Crippen LogP contribution is 2.66. The average molecular weight is 344 g/mol. The van der Waals surface area contributed by atoms with Gasteiger partial charge in [-0.3, -0.25) is 9.59 Å². The molecule has 0 radical (unpaired) electrons. The second-order valence-electron chi connectivity index (χ2n) is 9.17. The molecule has 2 N–H and O–H groups in total. The maximum absolute atomic E-state index is 12.2. The fourth-order valence-electron chi connectivity index (χ4n) is 6.91. The number of hydrogen-bond acceptors (Lipinski definition) is 4. The van der Waals surface area contributed by atoms with Crippen molar-refractivity contribution >= 4 is 11.6 Å². The van der Waals surface area contributed by atoms with Gasteiger partial charge in [-0.1, -0.05) is 25.5 Å². The number of carbonyl (C=O) groups is 2. The average Bonchev–Trinajstić information content (AvgIpc) is 2.80. The van der Waals surface area contributed by atoms with E-state index in [0.29, 0.717) is 12.8 Å². The Balaban J connectivity index is 1.76. The summed E-state index contributed by atoms with van der Waals surface area (Å²) in [5, 5.41) is 22.3. The molecule has 4 aliphatic carbocycles. The lowest BCUT2D eigenvalue weighted by Crippen LogP contribution is -2.61. The van der Waals surface area contributed by atoms with Crippen LogP contribution in [0, 0.1) is 28.6 Å². The third-order valence-electron chi connectivity index (χ3n) is 8.23. The van der Waals surface area contributed by atoms with E-state index in [9.17, 15) is 19.8 Å². The van der Waals surface area contributed by atoms with E-state index < -0.39 is 17.1 Å². The van der Waals surface area contributed by atoms with Crippen molar-refractivity contribution in [1.82, 2.24) is 0 Å². The molecule has 4 aliphatic rings. The quantitative estimate of drug-likeness (QED) is 0.767. The molecule has 0 aromatic heterocycles. The van der Waals surface area contributed by atoms with Gasteiger partial charge in [-0.2, -0.15) is 0 Å². The van der Waals surface area contributed by atoms with E-state index in [4.69, 9.17) is 0 Å². The summed E-state index contributed by atoms with van der Waals surface area (Å²) in [6, 6.07) is 0. The van der Waals surface area contributed by atoms with Crippen LogP contribution in [0.4, 0.5) is 0 Å². The maximum atomic E-state index is 12.2. The van der Waals surface area contributed by atoms with Crippen molar-refractivity contribution in [3.63, 3.8) is 0 Å². The summed E-state index contributed by atoms with van der Waals surface area (Å²) < 4.78 is 0. The first-order chi connectivity index (χ1) is 11.6. The molecule has 3 fully saturated rings. The van der Waals surface area contributed by atoms with E-state index in [1.807, 2.05) is 13.0 Å². The zero-order valence-electron chi connectivity index (χ0n) is 15.3. The van der Waals surface area contributed by atoms with Gasteiger partial charge in [-0.15, -0.1) is 0 Å². The van der Waals surface area contributed by atoms with Crippen LogP contribution >= 0.6 is 0 Å². The number of aliphatic hydroxyl groups is 2. The van der Waals surface area contributed by atoms with E-state index in [1.54, 1.807) is 12.2 Å². The number of Topliss-reactive ketones (excluding diaryl/α,β-unsaturated/α-hetero) is 1. The van der Waals surface area contributed by atoms with Crippen molar-refractivity contribution in [2.45, 2.75) is 64.6 Å². The molecule has 0 heterocycles. The van der Waals surface area contributed by atoms with Crippen LogP contribution in [0.2, 0.25) is 0 Å². The van der Waals surface area contributed by atoms with Crippen molar-refractivity contribution < 1.29 is 19.8 Å². The SMILES string of the molecule is CC(=O)[C@@]1(O)CC[C@H]2[C@@H]3CCC4=CC(=O)C=C[C@]4(C)[C@H]3C(O)C[C@@]21C. The topological polar surface area (TPSA) is 74.6 Å². The van der Waals surface area contributed by atoms with Gasteiger partial charge in [0.2, 0.25) is 0 Å². The van der Waals surface area contributed by atoms with E-state index in [1.165, 1.54) is 6.92 Å². The Morgan fingerprint density at radius 1 is 1.28 bits per heavy atom. The van der Waals surface area contributed by atoms with E-state index in [2.05, 4.69) is 6.92 Å². The van der Waals surface area contributed by atoms with Gasteiger partial charge in [-0.25, -0.2) is 0 Å². The molecule has 3 saturated carbocycles. The van der Waals surface area contributed by atoms with Crippen molar-refractivity contribution in [2.24, 2.45) is 28.6 Å². The Morgan fingerprint density at radius 3 is 2.68 bits per heavy atom. The fourth-order valence-corrected chi connectivity index (χ4v) is 6.91. The molecule has 0 saturated heterocycles. The van der Waals surface area contributed by atoms with Crippen LogP contribution in [0.5, 0.6) is 0 Å². The molecule has 0 aliphatic heterocycles. The van der Waals surface area contributed by atoms with Gasteiger partial charge in [0.1, 0.15) is 5.60 Å². The summed E-state index contributed by atoms with van der Waals surface area (Å²) in [6.07, 6.45) is 8.32. The summed E-state index contributed by atoms with van der Waals surface area (Å²) in [7, 11) is 0. The molecule has 0 amide bonds. The van der Waals surface area contributed by atoms with Gasteiger partial charge in [0, 0.05) is 16.7 Å².